The van der Waals surface area contributed by atoms with Crippen LogP contribution in [-0.2, 0) is 4.79 Å². The van der Waals surface area contributed by atoms with Crippen molar-refractivity contribution < 1.29 is 4.79 Å². The molecule has 0 aliphatic carbocycles. The number of carbonyl (C=O) groups is 1. The van der Waals surface area contributed by atoms with E-state index >= 15 is 0 Å². The normalized spacial score (nSPS) is 19.3. The molecule has 1 amide bonds. The summed E-state index contributed by atoms with van der Waals surface area (Å²) in [4.78, 5) is 13.8. The topological polar surface area (TPSA) is 29.1 Å². The van der Waals surface area contributed by atoms with Crippen molar-refractivity contribution in [2.45, 2.75) is 12.3 Å². The Bertz CT molecular complexity index is 532. The fourth-order valence-corrected chi connectivity index (χ4v) is 3.25. The molecule has 2 nitrogen and oxygen atoms in total. The first-order chi connectivity index (χ1) is 8.33. The van der Waals surface area contributed by atoms with Crippen molar-refractivity contribution in [3.05, 3.63) is 47.3 Å². The Labute approximate surface area is 104 Å². The predicted octanol–water partition coefficient (Wildman–Crippen LogP) is 3.02. The van der Waals surface area contributed by atoms with E-state index < -0.39 is 0 Å². The predicted molar refractivity (Wildman–Crippen MR) is 70.1 cm³/mol. The van der Waals surface area contributed by atoms with Gasteiger partial charge in [-0.3, -0.25) is 4.79 Å². The van der Waals surface area contributed by atoms with Gasteiger partial charge in [-0.1, -0.05) is 30.3 Å². The minimum atomic E-state index is 0.171. The van der Waals surface area contributed by atoms with E-state index in [0.717, 1.165) is 6.54 Å². The number of carbonyl (C=O) groups excluding carboxylic acids is 1. The standard InChI is InChI=1S/C14H13NOS/c16-14-8-11(9-15-14)13-7-6-12(17-13)10-4-2-1-3-5-10/h1-7,11H,8-9H2,(H,15,16). The lowest BCUT2D eigenvalue weighted by Gasteiger charge is -2.02. The molecule has 1 unspecified atom stereocenters. The summed E-state index contributed by atoms with van der Waals surface area (Å²) in [6.07, 6.45) is 0.634. The summed E-state index contributed by atoms with van der Waals surface area (Å²) < 4.78 is 0. The third-order valence-corrected chi connectivity index (χ3v) is 4.36. The first-order valence-electron chi connectivity index (χ1n) is 5.75. The number of amides is 1. The number of thiophene rings is 1. The van der Waals surface area contributed by atoms with Crippen molar-refractivity contribution in [3.8, 4) is 10.4 Å². The molecule has 2 heterocycles. The van der Waals surface area contributed by atoms with Crippen molar-refractivity contribution in [2.24, 2.45) is 0 Å². The molecule has 0 bridgehead atoms. The van der Waals surface area contributed by atoms with Gasteiger partial charge in [0.15, 0.2) is 0 Å². The SMILES string of the molecule is O=C1CC(c2ccc(-c3ccccc3)s2)CN1. The summed E-state index contributed by atoms with van der Waals surface area (Å²) in [6.45, 7) is 0.785. The van der Waals surface area contributed by atoms with Gasteiger partial charge in [0, 0.05) is 28.6 Å². The van der Waals surface area contributed by atoms with Crippen LogP contribution in [-0.4, -0.2) is 12.5 Å². The van der Waals surface area contributed by atoms with Gasteiger partial charge in [0.25, 0.3) is 0 Å². The second kappa shape index (κ2) is 4.34. The first kappa shape index (κ1) is 10.5. The monoisotopic (exact) mass is 243 g/mol. The van der Waals surface area contributed by atoms with Crippen molar-refractivity contribution >= 4 is 17.2 Å². The zero-order valence-corrected chi connectivity index (χ0v) is 10.2. The summed E-state index contributed by atoms with van der Waals surface area (Å²) in [5, 5.41) is 2.88. The highest BCUT2D eigenvalue weighted by Crippen LogP contribution is 2.34. The molecule has 1 saturated heterocycles. The van der Waals surface area contributed by atoms with Crippen molar-refractivity contribution in [2.75, 3.05) is 6.54 Å². The largest absolute Gasteiger partial charge is 0.355 e. The fraction of sp³-hybridized carbons (Fsp3) is 0.214. The average molecular weight is 243 g/mol. The average Bonchev–Trinajstić information content (AvgIpc) is 2.98. The number of nitrogens with one attached hydrogen (secondary N) is 1. The van der Waals surface area contributed by atoms with Crippen molar-refractivity contribution in [3.63, 3.8) is 0 Å². The van der Waals surface area contributed by atoms with E-state index in [1.54, 1.807) is 11.3 Å². The van der Waals surface area contributed by atoms with Gasteiger partial charge in [0.1, 0.15) is 0 Å². The van der Waals surface area contributed by atoms with Gasteiger partial charge < -0.3 is 5.32 Å². The highest BCUT2D eigenvalue weighted by molar-refractivity contribution is 7.15. The number of rotatable bonds is 2. The van der Waals surface area contributed by atoms with Crippen LogP contribution in [0.4, 0.5) is 0 Å². The number of benzene rings is 1. The van der Waals surface area contributed by atoms with Crippen molar-refractivity contribution in [1.82, 2.24) is 5.32 Å². The van der Waals surface area contributed by atoms with Crippen LogP contribution in [0.25, 0.3) is 10.4 Å². The molecule has 1 aromatic carbocycles. The van der Waals surface area contributed by atoms with Gasteiger partial charge in [0.2, 0.25) is 5.91 Å². The third kappa shape index (κ3) is 2.11. The molecule has 3 rings (SSSR count). The smallest absolute Gasteiger partial charge is 0.220 e. The van der Waals surface area contributed by atoms with E-state index in [1.165, 1.54) is 15.3 Å². The molecule has 0 spiro atoms. The van der Waals surface area contributed by atoms with E-state index in [4.69, 9.17) is 0 Å². The highest BCUT2D eigenvalue weighted by Gasteiger charge is 2.24. The van der Waals surface area contributed by atoms with Gasteiger partial charge in [0.05, 0.1) is 0 Å². The second-order valence-corrected chi connectivity index (χ2v) is 5.39. The molecular formula is C14H13NOS. The molecule has 2 aromatic rings. The molecule has 1 N–H and O–H groups in total. The number of hydrogen-bond acceptors (Lipinski definition) is 2. The lowest BCUT2D eigenvalue weighted by Crippen LogP contribution is -2.13. The lowest BCUT2D eigenvalue weighted by molar-refractivity contribution is -0.119. The Hall–Kier alpha value is -1.61. The minimum Gasteiger partial charge on any atom is -0.355 e. The maximum atomic E-state index is 11.2. The summed E-state index contributed by atoms with van der Waals surface area (Å²) in [5.41, 5.74) is 1.25. The number of hydrogen-bond donors (Lipinski definition) is 1. The Morgan fingerprint density at radius 3 is 2.65 bits per heavy atom. The second-order valence-electron chi connectivity index (χ2n) is 4.27. The van der Waals surface area contributed by atoms with Crippen LogP contribution in [0.3, 0.4) is 0 Å². The molecule has 0 saturated carbocycles. The summed E-state index contributed by atoms with van der Waals surface area (Å²) in [6, 6.07) is 14.7. The fourth-order valence-electron chi connectivity index (χ4n) is 2.14. The van der Waals surface area contributed by atoms with E-state index in [2.05, 4.69) is 41.7 Å². The van der Waals surface area contributed by atoms with Crippen molar-refractivity contribution in [1.29, 1.82) is 0 Å². The van der Waals surface area contributed by atoms with Crippen LogP contribution in [0.5, 0.6) is 0 Å². The molecule has 86 valence electrons. The highest BCUT2D eigenvalue weighted by atomic mass is 32.1. The Morgan fingerprint density at radius 1 is 1.12 bits per heavy atom. The third-order valence-electron chi connectivity index (χ3n) is 3.06. The van der Waals surface area contributed by atoms with Gasteiger partial charge >= 0.3 is 0 Å². The van der Waals surface area contributed by atoms with E-state index in [-0.39, 0.29) is 5.91 Å². The van der Waals surface area contributed by atoms with Crippen LogP contribution in [0, 0.1) is 0 Å². The molecule has 0 radical (unpaired) electrons. The van der Waals surface area contributed by atoms with Gasteiger partial charge in [-0.05, 0) is 17.7 Å². The summed E-state index contributed by atoms with van der Waals surface area (Å²) >= 11 is 1.79. The molecule has 1 fully saturated rings. The maximum absolute atomic E-state index is 11.2. The van der Waals surface area contributed by atoms with Crippen LogP contribution in [0.2, 0.25) is 0 Å². The zero-order valence-electron chi connectivity index (χ0n) is 9.35. The molecule has 1 aliphatic heterocycles. The van der Waals surface area contributed by atoms with E-state index in [9.17, 15) is 4.79 Å². The minimum absolute atomic E-state index is 0.171. The maximum Gasteiger partial charge on any atom is 0.220 e. The van der Waals surface area contributed by atoms with Crippen LogP contribution in [0.1, 0.15) is 17.2 Å². The van der Waals surface area contributed by atoms with Crippen LogP contribution >= 0.6 is 11.3 Å². The molecule has 1 aliphatic rings. The Balaban J connectivity index is 1.86. The molecule has 1 aromatic heterocycles. The Kier molecular flexibility index (Phi) is 2.69. The first-order valence-corrected chi connectivity index (χ1v) is 6.56. The zero-order chi connectivity index (χ0) is 11.7. The summed E-state index contributed by atoms with van der Waals surface area (Å²) in [5.74, 6) is 0.537. The van der Waals surface area contributed by atoms with Gasteiger partial charge in [-0.2, -0.15) is 0 Å². The molecular weight excluding hydrogens is 230 g/mol. The van der Waals surface area contributed by atoms with Gasteiger partial charge in [-0.25, -0.2) is 0 Å². The quantitative estimate of drug-likeness (QED) is 0.863. The van der Waals surface area contributed by atoms with E-state index in [0.29, 0.717) is 12.3 Å². The lowest BCUT2D eigenvalue weighted by atomic mass is 10.1. The molecule has 3 heteroatoms. The Morgan fingerprint density at radius 2 is 1.94 bits per heavy atom. The van der Waals surface area contributed by atoms with E-state index in [1.807, 2.05) is 6.07 Å². The van der Waals surface area contributed by atoms with Crippen LogP contribution in [0.15, 0.2) is 42.5 Å². The van der Waals surface area contributed by atoms with Gasteiger partial charge in [-0.15, -0.1) is 11.3 Å². The van der Waals surface area contributed by atoms with Crippen LogP contribution < -0.4 is 5.32 Å². The molecule has 17 heavy (non-hydrogen) atoms. The summed E-state index contributed by atoms with van der Waals surface area (Å²) in [7, 11) is 0. The molecule has 1 atom stereocenters.